The minimum Gasteiger partial charge on any atom is -0.229 e. The van der Waals surface area contributed by atoms with Crippen molar-refractivity contribution in [3.63, 3.8) is 0 Å². The van der Waals surface area contributed by atoms with Gasteiger partial charge < -0.3 is 0 Å². The van der Waals surface area contributed by atoms with Crippen molar-refractivity contribution >= 4 is 0 Å². The Morgan fingerprint density at radius 1 is 1.21 bits per heavy atom. The molecule has 0 saturated carbocycles. The molecule has 0 aromatic carbocycles. The Balaban J connectivity index is 0.000000292. The van der Waals surface area contributed by atoms with Crippen LogP contribution in [0.4, 0.5) is 0 Å². The summed E-state index contributed by atoms with van der Waals surface area (Å²) in [7, 11) is 0. The molecule has 0 amide bonds. The topological polar surface area (TPSA) is 63.5 Å². The van der Waals surface area contributed by atoms with E-state index in [0.29, 0.717) is 0 Å². The number of allylic oxidation sites excluding steroid dienone is 1. The second kappa shape index (κ2) is 8.76. The van der Waals surface area contributed by atoms with Crippen LogP contribution in [0.15, 0.2) is 43.2 Å². The maximum Gasteiger partial charge on any atom is 0.190 e. The van der Waals surface area contributed by atoms with Crippen LogP contribution in [0.25, 0.3) is 0 Å². The molecule has 4 heteroatoms. The minimum absolute atomic E-state index is 0.890. The quantitative estimate of drug-likeness (QED) is 0.321. The highest BCUT2D eigenvalue weighted by Crippen LogP contribution is 1.75. The summed E-state index contributed by atoms with van der Waals surface area (Å²) in [5.74, 6) is 0. The zero-order valence-corrected chi connectivity index (χ0v) is 7.72. The highest BCUT2D eigenvalue weighted by atomic mass is 14.9. The van der Waals surface area contributed by atoms with Crippen molar-refractivity contribution < 1.29 is 4.57 Å². The summed E-state index contributed by atoms with van der Waals surface area (Å²) in [5.41, 5.74) is 0. The Morgan fingerprint density at radius 3 is 2.14 bits per heavy atom. The van der Waals surface area contributed by atoms with Crippen molar-refractivity contribution in [3.05, 3.63) is 43.2 Å². The summed E-state index contributed by atoms with van der Waals surface area (Å²) in [6, 6.07) is 6.01. The summed E-state index contributed by atoms with van der Waals surface area (Å²) < 4.78 is 2.06. The van der Waals surface area contributed by atoms with Crippen LogP contribution in [0, 0.1) is 22.9 Å². The van der Waals surface area contributed by atoms with E-state index >= 15 is 0 Å². The van der Waals surface area contributed by atoms with Gasteiger partial charge in [-0.2, -0.15) is 10.5 Å². The lowest BCUT2D eigenvalue weighted by atomic mass is 10.5. The Morgan fingerprint density at radius 2 is 1.79 bits per heavy atom. The fraction of sp³-hybridized carbons (Fsp3) is 0.100. The molecule has 1 aromatic rings. The monoisotopic (exact) mass is 187 g/mol. The van der Waals surface area contributed by atoms with Crippen LogP contribution in [-0.4, -0.2) is 0 Å². The van der Waals surface area contributed by atoms with Gasteiger partial charge in [0.05, 0.1) is 0 Å². The van der Waals surface area contributed by atoms with Gasteiger partial charge in [0.25, 0.3) is 0 Å². The number of nitrogens with zero attached hydrogens (tertiary/aromatic N) is 3. The van der Waals surface area contributed by atoms with E-state index in [2.05, 4.69) is 11.1 Å². The number of nitrogens with one attached hydrogen (secondary N) is 1. The van der Waals surface area contributed by atoms with Gasteiger partial charge in [-0.1, -0.05) is 12.6 Å². The van der Waals surface area contributed by atoms with Crippen molar-refractivity contribution in [1.82, 2.24) is 5.32 Å². The van der Waals surface area contributed by atoms with Gasteiger partial charge in [-0.05, 0) is 6.08 Å². The molecule has 0 atom stereocenters. The summed E-state index contributed by atoms with van der Waals surface area (Å²) in [5, 5.41) is 16.7. The first-order valence-electron chi connectivity index (χ1n) is 3.93. The van der Waals surface area contributed by atoms with E-state index in [-0.39, 0.29) is 0 Å². The highest BCUT2D eigenvalue weighted by Gasteiger charge is 1.88. The summed E-state index contributed by atoms with van der Waals surface area (Å²) >= 11 is 0. The predicted molar refractivity (Wildman–Crippen MR) is 51.2 cm³/mol. The molecule has 1 rings (SSSR count). The Hall–Kier alpha value is -2.33. The number of aromatic nitrogens is 1. The third-order valence-corrected chi connectivity index (χ3v) is 1.23. The molecule has 1 heterocycles. The van der Waals surface area contributed by atoms with Gasteiger partial charge in [0.15, 0.2) is 31.3 Å². The molecule has 0 fully saturated rings. The molecule has 0 radical (unpaired) electrons. The fourth-order valence-electron chi connectivity index (χ4n) is 0.730. The van der Waals surface area contributed by atoms with Crippen LogP contribution in [-0.2, 0) is 6.54 Å². The zero-order chi connectivity index (χ0) is 10.6. The van der Waals surface area contributed by atoms with E-state index in [1.807, 2.05) is 36.7 Å². The maximum atomic E-state index is 7.48. The standard InChI is InChI=1S/C8H10N.C2HN3/c1-2-6-9-7-4-3-5-8-9;3-1-5-2-4/h2-5,7-8H,1,6H2;5H/q+1;. The van der Waals surface area contributed by atoms with Crippen LogP contribution < -0.4 is 9.88 Å². The van der Waals surface area contributed by atoms with Crippen LogP contribution in [0.5, 0.6) is 0 Å². The molecule has 0 aliphatic rings. The molecule has 0 bridgehead atoms. The van der Waals surface area contributed by atoms with E-state index in [4.69, 9.17) is 10.5 Å². The second-order valence-corrected chi connectivity index (χ2v) is 2.21. The first-order valence-corrected chi connectivity index (χ1v) is 3.93. The van der Waals surface area contributed by atoms with Gasteiger partial charge in [-0.25, -0.2) is 9.88 Å². The van der Waals surface area contributed by atoms with Gasteiger partial charge in [0, 0.05) is 12.1 Å². The van der Waals surface area contributed by atoms with Gasteiger partial charge in [0.2, 0.25) is 0 Å². The smallest absolute Gasteiger partial charge is 0.190 e. The van der Waals surface area contributed by atoms with Crippen molar-refractivity contribution in [2.45, 2.75) is 6.54 Å². The largest absolute Gasteiger partial charge is 0.229 e. The van der Waals surface area contributed by atoms with E-state index in [1.54, 1.807) is 5.32 Å². The summed E-state index contributed by atoms with van der Waals surface area (Å²) in [6.45, 7) is 4.52. The van der Waals surface area contributed by atoms with Gasteiger partial charge >= 0.3 is 0 Å². The molecule has 14 heavy (non-hydrogen) atoms. The summed E-state index contributed by atoms with van der Waals surface area (Å²) in [4.78, 5) is 0. The molecular formula is C10H11N4+. The van der Waals surface area contributed by atoms with Crippen molar-refractivity contribution in [2.24, 2.45) is 0 Å². The third-order valence-electron chi connectivity index (χ3n) is 1.23. The first-order chi connectivity index (χ1) is 6.85. The molecule has 4 nitrogen and oxygen atoms in total. The van der Waals surface area contributed by atoms with E-state index in [0.717, 1.165) is 6.54 Å². The lowest BCUT2D eigenvalue weighted by Gasteiger charge is -1.86. The minimum atomic E-state index is 0.890. The van der Waals surface area contributed by atoms with Crippen molar-refractivity contribution in [3.8, 4) is 12.4 Å². The summed E-state index contributed by atoms with van der Waals surface area (Å²) in [6.07, 6.45) is 8.72. The molecule has 0 aliphatic heterocycles. The van der Waals surface area contributed by atoms with E-state index in [9.17, 15) is 0 Å². The molecule has 70 valence electrons. The van der Waals surface area contributed by atoms with Gasteiger partial charge in [-0.15, -0.1) is 0 Å². The lowest BCUT2D eigenvalue weighted by Crippen LogP contribution is -2.30. The second-order valence-electron chi connectivity index (χ2n) is 2.21. The SMILES string of the molecule is C=CC[n+]1ccccc1.N#CNC#N. The third kappa shape index (κ3) is 6.38. The Kier molecular flexibility index (Phi) is 7.31. The van der Waals surface area contributed by atoms with E-state index < -0.39 is 0 Å². The maximum absolute atomic E-state index is 7.48. The zero-order valence-electron chi connectivity index (χ0n) is 7.72. The van der Waals surface area contributed by atoms with Crippen molar-refractivity contribution in [1.29, 1.82) is 10.5 Å². The number of pyridine rings is 1. The molecule has 0 aliphatic carbocycles. The Bertz CT molecular complexity index is 319. The number of rotatable bonds is 2. The fourth-order valence-corrected chi connectivity index (χ4v) is 0.730. The highest BCUT2D eigenvalue weighted by molar-refractivity contribution is 4.83. The van der Waals surface area contributed by atoms with E-state index in [1.165, 1.54) is 12.4 Å². The van der Waals surface area contributed by atoms with Crippen LogP contribution >= 0.6 is 0 Å². The molecular weight excluding hydrogens is 176 g/mol. The van der Waals surface area contributed by atoms with Crippen LogP contribution in [0.2, 0.25) is 0 Å². The molecule has 0 spiro atoms. The molecule has 0 saturated heterocycles. The number of nitriles is 2. The number of hydrogen-bond donors (Lipinski definition) is 1. The normalized spacial score (nSPS) is 7.00. The molecule has 1 aromatic heterocycles. The van der Waals surface area contributed by atoms with Gasteiger partial charge in [0.1, 0.15) is 0 Å². The van der Waals surface area contributed by atoms with Crippen molar-refractivity contribution in [2.75, 3.05) is 0 Å². The molecule has 0 unspecified atom stereocenters. The lowest BCUT2D eigenvalue weighted by molar-refractivity contribution is -0.687. The van der Waals surface area contributed by atoms with Gasteiger partial charge in [-0.3, -0.25) is 0 Å². The predicted octanol–water partition coefficient (Wildman–Crippen LogP) is 0.698. The average Bonchev–Trinajstić information content (AvgIpc) is 2.22. The first kappa shape index (κ1) is 11.7. The number of hydrogen-bond acceptors (Lipinski definition) is 3. The average molecular weight is 187 g/mol. The molecule has 1 N–H and O–H groups in total. The van der Waals surface area contributed by atoms with Crippen LogP contribution in [0.1, 0.15) is 0 Å². The van der Waals surface area contributed by atoms with Crippen LogP contribution in [0.3, 0.4) is 0 Å². The Labute approximate surface area is 83.3 Å².